The normalized spacial score (nSPS) is 12.6. The van der Waals surface area contributed by atoms with E-state index in [4.69, 9.17) is 14.2 Å². The molecule has 0 aromatic carbocycles. The highest BCUT2D eigenvalue weighted by Gasteiger charge is 2.19. The molecule has 0 spiro atoms. The summed E-state index contributed by atoms with van der Waals surface area (Å²) in [5.74, 6) is 1.66. The van der Waals surface area contributed by atoms with Crippen LogP contribution in [0.4, 0.5) is 0 Å². The molecule has 6 nitrogen and oxygen atoms in total. The van der Waals surface area contributed by atoms with E-state index in [2.05, 4.69) is 41.5 Å². The van der Waals surface area contributed by atoms with Crippen molar-refractivity contribution < 1.29 is 28.6 Å². The Balaban J connectivity index is 4.24. The van der Waals surface area contributed by atoms with E-state index >= 15 is 0 Å². The number of carbonyl (C=O) groups excluding carboxylic acids is 3. The summed E-state index contributed by atoms with van der Waals surface area (Å²) in [6, 6.07) is 0. The lowest BCUT2D eigenvalue weighted by atomic mass is 9.99. The molecule has 0 bridgehead atoms. The summed E-state index contributed by atoms with van der Waals surface area (Å²) < 4.78 is 16.8. The predicted octanol–water partition coefficient (Wildman–Crippen LogP) is 17.9. The van der Waals surface area contributed by atoms with E-state index in [-0.39, 0.29) is 31.1 Å². The van der Waals surface area contributed by atoms with Gasteiger partial charge in [-0.05, 0) is 37.0 Å². The molecule has 62 heavy (non-hydrogen) atoms. The third kappa shape index (κ3) is 47.9. The monoisotopic (exact) mass is 877 g/mol. The number of ether oxygens (including phenoxy) is 3. The van der Waals surface area contributed by atoms with Crippen molar-refractivity contribution in [3.63, 3.8) is 0 Å². The number of hydrogen-bond donors (Lipinski definition) is 0. The van der Waals surface area contributed by atoms with Crippen LogP contribution in [0.15, 0.2) is 0 Å². The molecule has 0 aliphatic rings. The maximum Gasteiger partial charge on any atom is 0.306 e. The minimum atomic E-state index is -0.763. The standard InChI is InChI=1S/C56H108O6/c1-7-52(6)44-38-32-26-20-16-12-8-9-13-17-21-27-33-39-45-54(57)60-48-53(62-56(59)47-41-35-29-23-25-31-37-43-51(4)5)49-61-55(58)46-40-34-28-22-18-14-10-11-15-19-24-30-36-42-50(2)3/h50-53H,7-49H2,1-6H3/t52?,53-/m1/s1. The number of unbranched alkanes of at least 4 members (excludes halogenated alkanes) is 31. The van der Waals surface area contributed by atoms with E-state index in [0.717, 1.165) is 75.5 Å². The first kappa shape index (κ1) is 60.4. The minimum Gasteiger partial charge on any atom is -0.462 e. The van der Waals surface area contributed by atoms with Crippen LogP contribution in [-0.4, -0.2) is 37.2 Å². The summed E-state index contributed by atoms with van der Waals surface area (Å²) in [5.41, 5.74) is 0. The summed E-state index contributed by atoms with van der Waals surface area (Å²) in [6.45, 7) is 13.7. The molecule has 1 unspecified atom stereocenters. The van der Waals surface area contributed by atoms with Crippen LogP contribution in [0.3, 0.4) is 0 Å². The van der Waals surface area contributed by atoms with Gasteiger partial charge in [0, 0.05) is 19.3 Å². The Kier molecular flexibility index (Phi) is 46.2. The molecule has 0 aromatic heterocycles. The highest BCUT2D eigenvalue weighted by Crippen LogP contribution is 2.18. The van der Waals surface area contributed by atoms with Gasteiger partial charge in [-0.3, -0.25) is 14.4 Å². The summed E-state index contributed by atoms with van der Waals surface area (Å²) in [6.07, 6.45) is 48.1. The van der Waals surface area contributed by atoms with Gasteiger partial charge < -0.3 is 14.2 Å². The molecule has 0 fully saturated rings. The molecule has 0 heterocycles. The van der Waals surface area contributed by atoms with Crippen LogP contribution in [0.1, 0.15) is 305 Å². The predicted molar refractivity (Wildman–Crippen MR) is 266 cm³/mol. The first-order valence-corrected chi connectivity index (χ1v) is 27.6. The fourth-order valence-corrected chi connectivity index (χ4v) is 8.44. The molecule has 0 rings (SSSR count). The average molecular weight is 877 g/mol. The van der Waals surface area contributed by atoms with Crippen LogP contribution in [0.2, 0.25) is 0 Å². The zero-order valence-electron chi connectivity index (χ0n) is 42.7. The van der Waals surface area contributed by atoms with Crippen LogP contribution in [0.25, 0.3) is 0 Å². The van der Waals surface area contributed by atoms with Gasteiger partial charge in [0.25, 0.3) is 0 Å². The first-order chi connectivity index (χ1) is 30.1. The van der Waals surface area contributed by atoms with Gasteiger partial charge in [-0.25, -0.2) is 0 Å². The first-order valence-electron chi connectivity index (χ1n) is 27.6. The Hall–Kier alpha value is -1.59. The van der Waals surface area contributed by atoms with Gasteiger partial charge in [0.05, 0.1) is 0 Å². The van der Waals surface area contributed by atoms with Crippen molar-refractivity contribution in [1.29, 1.82) is 0 Å². The van der Waals surface area contributed by atoms with Crippen molar-refractivity contribution in [3.8, 4) is 0 Å². The van der Waals surface area contributed by atoms with E-state index in [9.17, 15) is 14.4 Å². The van der Waals surface area contributed by atoms with Crippen molar-refractivity contribution in [2.75, 3.05) is 13.2 Å². The molecule has 0 aliphatic heterocycles. The Morgan fingerprint density at radius 2 is 0.565 bits per heavy atom. The van der Waals surface area contributed by atoms with Gasteiger partial charge in [-0.2, -0.15) is 0 Å². The van der Waals surface area contributed by atoms with E-state index in [1.165, 1.54) is 186 Å². The van der Waals surface area contributed by atoms with Crippen molar-refractivity contribution in [2.45, 2.75) is 311 Å². The van der Waals surface area contributed by atoms with Crippen molar-refractivity contribution in [3.05, 3.63) is 0 Å². The quantitative estimate of drug-likeness (QED) is 0.0344. The molecular weight excluding hydrogens is 769 g/mol. The van der Waals surface area contributed by atoms with Gasteiger partial charge in [0.1, 0.15) is 13.2 Å². The number of rotatable bonds is 49. The molecule has 0 N–H and O–H groups in total. The molecule has 0 amide bonds. The fourth-order valence-electron chi connectivity index (χ4n) is 8.44. The lowest BCUT2D eigenvalue weighted by Crippen LogP contribution is -2.30. The van der Waals surface area contributed by atoms with Crippen molar-refractivity contribution >= 4 is 17.9 Å². The maximum atomic E-state index is 12.8. The van der Waals surface area contributed by atoms with Crippen LogP contribution >= 0.6 is 0 Å². The molecule has 0 radical (unpaired) electrons. The summed E-state index contributed by atoms with van der Waals surface area (Å²) in [4.78, 5) is 38.0. The second kappa shape index (κ2) is 47.4. The lowest BCUT2D eigenvalue weighted by Gasteiger charge is -2.18. The van der Waals surface area contributed by atoms with E-state index in [1.807, 2.05) is 0 Å². The number of esters is 3. The third-order valence-corrected chi connectivity index (χ3v) is 13.0. The maximum absolute atomic E-state index is 12.8. The smallest absolute Gasteiger partial charge is 0.306 e. The lowest BCUT2D eigenvalue weighted by molar-refractivity contribution is -0.167. The number of hydrogen-bond acceptors (Lipinski definition) is 6. The second-order valence-corrected chi connectivity index (χ2v) is 20.4. The zero-order valence-corrected chi connectivity index (χ0v) is 42.7. The van der Waals surface area contributed by atoms with Gasteiger partial charge in [-0.15, -0.1) is 0 Å². The Bertz CT molecular complexity index is 962. The van der Waals surface area contributed by atoms with Gasteiger partial charge in [0.2, 0.25) is 0 Å². The third-order valence-electron chi connectivity index (χ3n) is 13.0. The topological polar surface area (TPSA) is 78.9 Å². The van der Waals surface area contributed by atoms with Crippen LogP contribution in [-0.2, 0) is 28.6 Å². The van der Waals surface area contributed by atoms with Gasteiger partial charge >= 0.3 is 17.9 Å². The number of carbonyl (C=O) groups is 3. The van der Waals surface area contributed by atoms with Gasteiger partial charge in [-0.1, -0.05) is 266 Å². The van der Waals surface area contributed by atoms with Crippen LogP contribution in [0, 0.1) is 17.8 Å². The van der Waals surface area contributed by atoms with E-state index in [0.29, 0.717) is 19.3 Å². The second-order valence-electron chi connectivity index (χ2n) is 20.4. The van der Waals surface area contributed by atoms with Crippen molar-refractivity contribution in [2.24, 2.45) is 17.8 Å². The van der Waals surface area contributed by atoms with Gasteiger partial charge in [0.15, 0.2) is 6.10 Å². The SMILES string of the molecule is CCC(C)CCCCCCCCCCCCCCCCC(=O)OC[C@H](COC(=O)CCCCCCCCCCCCCCCC(C)C)OC(=O)CCCCCCCCCC(C)C. The Labute approximate surface area is 387 Å². The summed E-state index contributed by atoms with van der Waals surface area (Å²) in [7, 11) is 0. The molecule has 6 heteroatoms. The molecule has 0 saturated heterocycles. The van der Waals surface area contributed by atoms with Crippen molar-refractivity contribution in [1.82, 2.24) is 0 Å². The van der Waals surface area contributed by atoms with E-state index in [1.54, 1.807) is 0 Å². The molecule has 0 aromatic rings. The largest absolute Gasteiger partial charge is 0.462 e. The van der Waals surface area contributed by atoms with Crippen LogP contribution in [0.5, 0.6) is 0 Å². The fraction of sp³-hybridized carbons (Fsp3) is 0.946. The summed E-state index contributed by atoms with van der Waals surface area (Å²) in [5, 5.41) is 0. The summed E-state index contributed by atoms with van der Waals surface area (Å²) >= 11 is 0. The molecule has 368 valence electrons. The highest BCUT2D eigenvalue weighted by molar-refractivity contribution is 5.71. The highest BCUT2D eigenvalue weighted by atomic mass is 16.6. The molecule has 0 aliphatic carbocycles. The molecule has 0 saturated carbocycles. The zero-order chi connectivity index (χ0) is 45.6. The Morgan fingerprint density at radius 3 is 0.839 bits per heavy atom. The van der Waals surface area contributed by atoms with Crippen LogP contribution < -0.4 is 0 Å². The average Bonchev–Trinajstić information content (AvgIpc) is 3.24. The van der Waals surface area contributed by atoms with E-state index < -0.39 is 6.10 Å². The minimum absolute atomic E-state index is 0.0647. The Morgan fingerprint density at radius 1 is 0.323 bits per heavy atom. The molecular formula is C56H108O6. The molecule has 2 atom stereocenters.